The van der Waals surface area contributed by atoms with Crippen molar-refractivity contribution in [2.75, 3.05) is 11.4 Å². The molecule has 3 rings (SSSR count). The van der Waals surface area contributed by atoms with E-state index in [0.717, 1.165) is 16.7 Å². The number of anilines is 1. The molecular formula is C24H26N2O3S. The first-order valence-corrected chi connectivity index (χ1v) is 11.2. The van der Waals surface area contributed by atoms with Gasteiger partial charge in [-0.05, 0) is 62.7 Å². The van der Waals surface area contributed by atoms with Gasteiger partial charge in [0.25, 0.3) is 15.9 Å². The maximum absolute atomic E-state index is 12.8. The maximum Gasteiger partial charge on any atom is 0.264 e. The largest absolute Gasteiger partial charge is 0.346 e. The normalized spacial score (nSPS) is 12.3. The van der Waals surface area contributed by atoms with Crippen LogP contribution in [0.4, 0.5) is 5.69 Å². The van der Waals surface area contributed by atoms with Crippen LogP contribution >= 0.6 is 0 Å². The highest BCUT2D eigenvalue weighted by Crippen LogP contribution is 2.23. The molecule has 6 heteroatoms. The van der Waals surface area contributed by atoms with Crippen molar-refractivity contribution in [3.8, 4) is 0 Å². The fraction of sp³-hybridized carbons (Fsp3) is 0.208. The van der Waals surface area contributed by atoms with Gasteiger partial charge < -0.3 is 5.32 Å². The number of nitrogens with zero attached hydrogens (tertiary/aromatic N) is 1. The molecule has 3 aromatic rings. The van der Waals surface area contributed by atoms with E-state index >= 15 is 0 Å². The van der Waals surface area contributed by atoms with Crippen molar-refractivity contribution < 1.29 is 13.2 Å². The van der Waals surface area contributed by atoms with Crippen molar-refractivity contribution in [2.24, 2.45) is 0 Å². The SMILES string of the molecule is Cc1ccc([C@@H](C)NC(=O)c2ccc(N(C)S(=O)(=O)c3ccc(C)cc3)cc2)cc1. The summed E-state index contributed by atoms with van der Waals surface area (Å²) < 4.78 is 26.9. The van der Waals surface area contributed by atoms with Crippen LogP contribution in [-0.4, -0.2) is 21.4 Å². The Labute approximate surface area is 178 Å². The molecule has 0 aliphatic carbocycles. The molecule has 0 spiro atoms. The average Bonchev–Trinajstić information content (AvgIpc) is 2.74. The number of aryl methyl sites for hydroxylation is 2. The smallest absolute Gasteiger partial charge is 0.264 e. The fourth-order valence-corrected chi connectivity index (χ4v) is 4.24. The highest BCUT2D eigenvalue weighted by atomic mass is 32.2. The molecule has 0 saturated heterocycles. The molecule has 0 unspecified atom stereocenters. The van der Waals surface area contributed by atoms with Gasteiger partial charge in [0.1, 0.15) is 0 Å². The van der Waals surface area contributed by atoms with Gasteiger partial charge in [-0.1, -0.05) is 47.5 Å². The second-order valence-electron chi connectivity index (χ2n) is 7.44. The van der Waals surface area contributed by atoms with Crippen LogP contribution in [0.15, 0.2) is 77.7 Å². The summed E-state index contributed by atoms with van der Waals surface area (Å²) in [6.07, 6.45) is 0. The van der Waals surface area contributed by atoms with Crippen LogP contribution < -0.4 is 9.62 Å². The van der Waals surface area contributed by atoms with Crippen LogP contribution in [0.1, 0.15) is 40.0 Å². The van der Waals surface area contributed by atoms with Crippen molar-refractivity contribution in [2.45, 2.75) is 31.7 Å². The molecule has 0 saturated carbocycles. The first-order chi connectivity index (χ1) is 14.2. The molecule has 3 aromatic carbocycles. The summed E-state index contributed by atoms with van der Waals surface area (Å²) in [5.74, 6) is -0.210. The summed E-state index contributed by atoms with van der Waals surface area (Å²) in [5.41, 5.74) is 4.14. The zero-order valence-electron chi connectivity index (χ0n) is 17.6. The predicted molar refractivity (Wildman–Crippen MR) is 120 cm³/mol. The van der Waals surface area contributed by atoms with Crippen molar-refractivity contribution in [3.63, 3.8) is 0 Å². The lowest BCUT2D eigenvalue weighted by Gasteiger charge is -2.20. The van der Waals surface area contributed by atoms with E-state index in [0.29, 0.717) is 11.3 Å². The highest BCUT2D eigenvalue weighted by Gasteiger charge is 2.21. The summed E-state index contributed by atoms with van der Waals surface area (Å²) in [4.78, 5) is 12.8. The minimum absolute atomic E-state index is 0.137. The number of rotatable bonds is 6. The van der Waals surface area contributed by atoms with Gasteiger partial charge in [0.05, 0.1) is 16.6 Å². The van der Waals surface area contributed by atoms with E-state index in [1.165, 1.54) is 11.4 Å². The first kappa shape index (κ1) is 21.6. The number of benzene rings is 3. The number of hydrogen-bond donors (Lipinski definition) is 1. The van der Waals surface area contributed by atoms with Crippen LogP contribution in [0, 0.1) is 13.8 Å². The summed E-state index contributed by atoms with van der Waals surface area (Å²) in [5, 5.41) is 2.97. The molecule has 0 radical (unpaired) electrons. The highest BCUT2D eigenvalue weighted by molar-refractivity contribution is 7.92. The summed E-state index contributed by atoms with van der Waals surface area (Å²) in [6.45, 7) is 5.85. The molecule has 156 valence electrons. The molecule has 1 atom stereocenters. The van der Waals surface area contributed by atoms with Crippen LogP contribution in [0.25, 0.3) is 0 Å². The molecule has 0 aliphatic rings. The number of hydrogen-bond acceptors (Lipinski definition) is 3. The molecule has 0 fully saturated rings. The fourth-order valence-electron chi connectivity index (χ4n) is 3.05. The lowest BCUT2D eigenvalue weighted by molar-refractivity contribution is 0.0940. The zero-order valence-corrected chi connectivity index (χ0v) is 18.4. The van der Waals surface area contributed by atoms with Crippen molar-refractivity contribution in [3.05, 3.63) is 95.1 Å². The standard InChI is InChI=1S/C24H26N2O3S/c1-17-5-9-20(10-6-17)19(3)25-24(27)21-11-13-22(14-12-21)26(4)30(28,29)23-15-7-18(2)8-16-23/h5-16,19H,1-4H3,(H,25,27)/t19-/m1/s1. The Hall–Kier alpha value is -3.12. The molecule has 5 nitrogen and oxygen atoms in total. The Bertz CT molecular complexity index is 1120. The van der Waals surface area contributed by atoms with E-state index in [1.807, 2.05) is 45.0 Å². The predicted octanol–water partition coefficient (Wildman–Crippen LogP) is 4.62. The van der Waals surface area contributed by atoms with Crippen LogP contribution in [0.3, 0.4) is 0 Å². The second kappa shape index (κ2) is 8.71. The Balaban J connectivity index is 1.72. The Morgan fingerprint density at radius 2 is 1.33 bits per heavy atom. The van der Waals surface area contributed by atoms with Crippen molar-refractivity contribution in [1.29, 1.82) is 0 Å². The minimum atomic E-state index is -3.67. The average molecular weight is 423 g/mol. The molecule has 1 amide bonds. The van der Waals surface area contributed by atoms with Gasteiger partial charge >= 0.3 is 0 Å². The topological polar surface area (TPSA) is 66.5 Å². The lowest BCUT2D eigenvalue weighted by Crippen LogP contribution is -2.28. The molecule has 0 heterocycles. The number of nitrogens with one attached hydrogen (secondary N) is 1. The quantitative estimate of drug-likeness (QED) is 0.630. The summed E-state index contributed by atoms with van der Waals surface area (Å²) >= 11 is 0. The zero-order chi connectivity index (χ0) is 21.9. The van der Waals surface area contributed by atoms with Gasteiger partial charge in [-0.25, -0.2) is 8.42 Å². The van der Waals surface area contributed by atoms with Gasteiger partial charge in [-0.15, -0.1) is 0 Å². The van der Waals surface area contributed by atoms with E-state index in [1.54, 1.807) is 48.5 Å². The Kier molecular flexibility index (Phi) is 6.27. The van der Waals surface area contributed by atoms with Gasteiger partial charge in [-0.2, -0.15) is 0 Å². The lowest BCUT2D eigenvalue weighted by atomic mass is 10.1. The molecule has 30 heavy (non-hydrogen) atoms. The van der Waals surface area contributed by atoms with Crippen LogP contribution in [0.5, 0.6) is 0 Å². The summed E-state index contributed by atoms with van der Waals surface area (Å²) in [6, 6.07) is 21.1. The van der Waals surface area contributed by atoms with E-state index in [2.05, 4.69) is 5.32 Å². The molecule has 0 aliphatic heterocycles. The van der Waals surface area contributed by atoms with E-state index in [4.69, 9.17) is 0 Å². The molecular weight excluding hydrogens is 396 g/mol. The third-order valence-electron chi connectivity index (χ3n) is 5.10. The van der Waals surface area contributed by atoms with Crippen molar-refractivity contribution in [1.82, 2.24) is 5.32 Å². The van der Waals surface area contributed by atoms with Crippen LogP contribution in [-0.2, 0) is 10.0 Å². The monoisotopic (exact) mass is 422 g/mol. The Morgan fingerprint density at radius 3 is 1.87 bits per heavy atom. The molecule has 0 aromatic heterocycles. The molecule has 1 N–H and O–H groups in total. The van der Waals surface area contributed by atoms with Crippen LogP contribution in [0.2, 0.25) is 0 Å². The van der Waals surface area contributed by atoms with Gasteiger partial charge in [0.2, 0.25) is 0 Å². The maximum atomic E-state index is 12.8. The van der Waals surface area contributed by atoms with Gasteiger partial charge in [0, 0.05) is 12.6 Å². The third kappa shape index (κ3) is 4.71. The second-order valence-corrected chi connectivity index (χ2v) is 9.41. The van der Waals surface area contributed by atoms with E-state index in [-0.39, 0.29) is 16.8 Å². The number of carbonyl (C=O) groups is 1. The number of amides is 1. The first-order valence-electron chi connectivity index (χ1n) is 9.71. The molecule has 0 bridgehead atoms. The van der Waals surface area contributed by atoms with E-state index < -0.39 is 10.0 Å². The van der Waals surface area contributed by atoms with E-state index in [9.17, 15) is 13.2 Å². The van der Waals surface area contributed by atoms with Crippen molar-refractivity contribution >= 4 is 21.6 Å². The Morgan fingerprint density at radius 1 is 0.833 bits per heavy atom. The van der Waals surface area contributed by atoms with Gasteiger partial charge in [-0.3, -0.25) is 9.10 Å². The number of carbonyl (C=O) groups excluding carboxylic acids is 1. The summed E-state index contributed by atoms with van der Waals surface area (Å²) in [7, 11) is -2.16. The van der Waals surface area contributed by atoms with Gasteiger partial charge in [0.15, 0.2) is 0 Å². The number of sulfonamides is 1. The minimum Gasteiger partial charge on any atom is -0.346 e. The third-order valence-corrected chi connectivity index (χ3v) is 6.90.